The van der Waals surface area contributed by atoms with Crippen LogP contribution in [-0.2, 0) is 11.2 Å². The van der Waals surface area contributed by atoms with Crippen LogP contribution in [0.1, 0.15) is 16.1 Å². The minimum absolute atomic E-state index is 0.155. The number of hydrogen-bond donors (Lipinski definition) is 2. The second kappa shape index (κ2) is 8.46. The molecule has 0 radical (unpaired) electrons. The van der Waals surface area contributed by atoms with Crippen LogP contribution in [0.25, 0.3) is 10.2 Å². The van der Waals surface area contributed by atoms with Crippen molar-refractivity contribution in [3.8, 4) is 0 Å². The highest BCUT2D eigenvalue weighted by Crippen LogP contribution is 2.29. The monoisotopic (exact) mass is 462 g/mol. The quantitative estimate of drug-likeness (QED) is 0.410. The summed E-state index contributed by atoms with van der Waals surface area (Å²) in [5.74, 6) is -0.482. The van der Waals surface area contributed by atoms with Gasteiger partial charge in [-0.3, -0.25) is 9.59 Å². The van der Waals surface area contributed by atoms with Gasteiger partial charge in [-0.1, -0.05) is 40.6 Å². The minimum atomic E-state index is -0.273. The third kappa shape index (κ3) is 4.73. The van der Waals surface area contributed by atoms with Gasteiger partial charge in [-0.05, 0) is 35.9 Å². The van der Waals surface area contributed by atoms with Crippen molar-refractivity contribution in [2.45, 2.75) is 6.42 Å². The number of hydrogen-bond acceptors (Lipinski definition) is 6. The van der Waals surface area contributed by atoms with Crippen molar-refractivity contribution in [2.24, 2.45) is 0 Å². The number of aromatic nitrogens is 2. The van der Waals surface area contributed by atoms with Gasteiger partial charge in [0.1, 0.15) is 5.69 Å². The summed E-state index contributed by atoms with van der Waals surface area (Å²) < 4.78 is 0.839. The maximum Gasteiger partial charge on any atom is 0.275 e. The van der Waals surface area contributed by atoms with Crippen molar-refractivity contribution < 1.29 is 9.59 Å². The largest absolute Gasteiger partial charge is 0.321 e. The number of nitrogens with one attached hydrogen (secondary N) is 2. The molecule has 0 unspecified atom stereocenters. The number of carbonyl (C=O) groups is 2. The van der Waals surface area contributed by atoms with Crippen LogP contribution in [0.4, 0.5) is 10.8 Å². The number of benzene rings is 2. The Kier molecular flexibility index (Phi) is 5.77. The summed E-state index contributed by atoms with van der Waals surface area (Å²) in [7, 11) is 0. The molecular formula is C19H12Cl2N4O2S2. The molecule has 2 N–H and O–H groups in total. The molecule has 2 aromatic heterocycles. The van der Waals surface area contributed by atoms with Crippen LogP contribution in [0.5, 0.6) is 0 Å². The van der Waals surface area contributed by atoms with Gasteiger partial charge in [-0.25, -0.2) is 9.97 Å². The van der Waals surface area contributed by atoms with Crippen LogP contribution >= 0.6 is 45.9 Å². The van der Waals surface area contributed by atoms with Gasteiger partial charge in [0.25, 0.3) is 5.91 Å². The van der Waals surface area contributed by atoms with E-state index >= 15 is 0 Å². The third-order valence-corrected chi connectivity index (χ3v) is 6.17. The van der Waals surface area contributed by atoms with Crippen LogP contribution in [0.3, 0.4) is 0 Å². The molecule has 0 aliphatic heterocycles. The zero-order valence-corrected chi connectivity index (χ0v) is 17.8. The van der Waals surface area contributed by atoms with Crippen LogP contribution in [0.2, 0.25) is 10.0 Å². The molecule has 0 saturated heterocycles. The van der Waals surface area contributed by atoms with Crippen molar-refractivity contribution in [1.82, 2.24) is 9.97 Å². The van der Waals surface area contributed by atoms with E-state index in [1.165, 1.54) is 22.7 Å². The van der Waals surface area contributed by atoms with E-state index in [1.54, 1.807) is 41.2 Å². The maximum absolute atomic E-state index is 12.3. The molecule has 0 aliphatic carbocycles. The van der Waals surface area contributed by atoms with E-state index < -0.39 is 0 Å². The molecule has 4 aromatic rings. The van der Waals surface area contributed by atoms with Crippen molar-refractivity contribution in [3.63, 3.8) is 0 Å². The van der Waals surface area contributed by atoms with Gasteiger partial charge >= 0.3 is 0 Å². The molecule has 0 fully saturated rings. The topological polar surface area (TPSA) is 84.0 Å². The smallest absolute Gasteiger partial charge is 0.275 e. The highest BCUT2D eigenvalue weighted by molar-refractivity contribution is 7.22. The SMILES string of the molecule is O=C(Cc1ccc(Cl)c(Cl)c1)Nc1nc2ccc(NC(=O)c3cscn3)cc2s1. The first-order valence-electron chi connectivity index (χ1n) is 8.32. The Balaban J connectivity index is 1.45. The van der Waals surface area contributed by atoms with Crippen molar-refractivity contribution in [1.29, 1.82) is 0 Å². The van der Waals surface area contributed by atoms with Crippen molar-refractivity contribution in [3.05, 3.63) is 68.6 Å². The second-order valence-electron chi connectivity index (χ2n) is 6.00. The molecule has 2 amide bonds. The predicted octanol–water partition coefficient (Wildman–Crippen LogP) is 5.49. The lowest BCUT2D eigenvalue weighted by atomic mass is 10.1. The van der Waals surface area contributed by atoms with E-state index in [2.05, 4.69) is 20.6 Å². The summed E-state index contributed by atoms with van der Waals surface area (Å²) in [6.07, 6.45) is 0.155. The molecule has 0 atom stereocenters. The van der Waals surface area contributed by atoms with E-state index in [0.29, 0.717) is 26.6 Å². The number of amides is 2. The zero-order chi connectivity index (χ0) is 20.4. The first kappa shape index (κ1) is 19.8. The summed E-state index contributed by atoms with van der Waals surface area (Å²) in [5, 5.41) is 8.61. The maximum atomic E-state index is 12.3. The number of thiazole rings is 2. The van der Waals surface area contributed by atoms with E-state index in [-0.39, 0.29) is 18.2 Å². The molecule has 6 nitrogen and oxygen atoms in total. The fraction of sp³-hybridized carbons (Fsp3) is 0.0526. The van der Waals surface area contributed by atoms with Gasteiger partial charge in [-0.2, -0.15) is 0 Å². The molecule has 10 heteroatoms. The third-order valence-electron chi connectivity index (χ3n) is 3.91. The van der Waals surface area contributed by atoms with Gasteiger partial charge in [-0.15, -0.1) is 11.3 Å². The minimum Gasteiger partial charge on any atom is -0.321 e. The summed E-state index contributed by atoms with van der Waals surface area (Å²) in [4.78, 5) is 32.8. The van der Waals surface area contributed by atoms with E-state index in [1.807, 2.05) is 6.07 Å². The summed E-state index contributed by atoms with van der Waals surface area (Å²) in [5.41, 5.74) is 4.09. The highest BCUT2D eigenvalue weighted by atomic mass is 35.5. The van der Waals surface area contributed by atoms with E-state index in [0.717, 1.165) is 15.8 Å². The standard InChI is InChI=1S/C19H12Cl2N4O2S2/c20-12-3-1-10(5-13(12)21)6-17(26)25-19-24-14-4-2-11(7-16(14)29-19)23-18(27)15-8-28-9-22-15/h1-5,7-9H,6H2,(H,23,27)(H,24,25,26). The van der Waals surface area contributed by atoms with Crippen LogP contribution in [-0.4, -0.2) is 21.8 Å². The Hall–Kier alpha value is -2.52. The number of nitrogens with zero attached hydrogens (tertiary/aromatic N) is 2. The molecular weight excluding hydrogens is 451 g/mol. The number of rotatable bonds is 5. The first-order valence-corrected chi connectivity index (χ1v) is 10.8. The summed E-state index contributed by atoms with van der Waals surface area (Å²) >= 11 is 14.6. The van der Waals surface area contributed by atoms with Gasteiger partial charge < -0.3 is 10.6 Å². The fourth-order valence-electron chi connectivity index (χ4n) is 2.57. The Morgan fingerprint density at radius 2 is 1.90 bits per heavy atom. The van der Waals surface area contributed by atoms with Gasteiger partial charge in [0.15, 0.2) is 5.13 Å². The van der Waals surface area contributed by atoms with Gasteiger partial charge in [0.05, 0.1) is 32.2 Å². The fourth-order valence-corrected chi connectivity index (χ4v) is 4.35. The molecule has 29 heavy (non-hydrogen) atoms. The van der Waals surface area contributed by atoms with Crippen LogP contribution in [0.15, 0.2) is 47.3 Å². The molecule has 0 bridgehead atoms. The molecule has 2 heterocycles. The molecule has 0 saturated carbocycles. The molecule has 2 aromatic carbocycles. The molecule has 0 aliphatic rings. The summed E-state index contributed by atoms with van der Waals surface area (Å²) in [6.45, 7) is 0. The molecule has 146 valence electrons. The van der Waals surface area contributed by atoms with Gasteiger partial charge in [0.2, 0.25) is 5.91 Å². The number of carbonyl (C=O) groups excluding carboxylic acids is 2. The number of halogens is 2. The average Bonchev–Trinajstić information content (AvgIpc) is 3.34. The first-order chi connectivity index (χ1) is 14.0. The lowest BCUT2D eigenvalue weighted by Gasteiger charge is -2.03. The van der Waals surface area contributed by atoms with Gasteiger partial charge in [0, 0.05) is 11.1 Å². The average molecular weight is 463 g/mol. The highest BCUT2D eigenvalue weighted by Gasteiger charge is 2.12. The normalized spacial score (nSPS) is 10.8. The summed E-state index contributed by atoms with van der Waals surface area (Å²) in [6, 6.07) is 10.4. The van der Waals surface area contributed by atoms with Crippen molar-refractivity contribution in [2.75, 3.05) is 10.6 Å². The zero-order valence-electron chi connectivity index (χ0n) is 14.6. The van der Waals surface area contributed by atoms with E-state index in [4.69, 9.17) is 23.2 Å². The lowest BCUT2D eigenvalue weighted by Crippen LogP contribution is -2.14. The Bertz CT molecular complexity index is 1210. The van der Waals surface area contributed by atoms with E-state index in [9.17, 15) is 9.59 Å². The van der Waals surface area contributed by atoms with Crippen LogP contribution < -0.4 is 10.6 Å². The number of fused-ring (bicyclic) bond motifs is 1. The predicted molar refractivity (Wildman–Crippen MR) is 118 cm³/mol. The Morgan fingerprint density at radius 1 is 1.03 bits per heavy atom. The Labute approximate surface area is 183 Å². The lowest BCUT2D eigenvalue weighted by molar-refractivity contribution is -0.115. The number of anilines is 2. The van der Waals surface area contributed by atoms with Crippen molar-refractivity contribution >= 4 is 78.7 Å². The molecule has 0 spiro atoms. The second-order valence-corrected chi connectivity index (χ2v) is 8.57. The van der Waals surface area contributed by atoms with Crippen LogP contribution in [0, 0.1) is 0 Å². The molecule has 4 rings (SSSR count). The Morgan fingerprint density at radius 3 is 2.66 bits per heavy atom.